The van der Waals surface area contributed by atoms with Gasteiger partial charge in [0.25, 0.3) is 0 Å². The first-order chi connectivity index (χ1) is 5.43. The first-order valence-corrected chi connectivity index (χ1v) is 4.56. The molecule has 0 aromatic carbocycles. The Hall–Kier alpha value is -0.480. The monoisotopic (exact) mass is 151 g/mol. The van der Waals surface area contributed by atoms with Gasteiger partial charge in [0.15, 0.2) is 0 Å². The standard InChI is InChI=1S/C10H17N/c1-2-3-6-9-11-10-7-4-5-8-10/h10-11H,4-9H2,1H3. The topological polar surface area (TPSA) is 12.0 Å². The maximum Gasteiger partial charge on any atom is 0.0214 e. The maximum absolute atomic E-state index is 3.51. The van der Waals surface area contributed by atoms with Crippen LogP contribution in [0.1, 0.15) is 39.0 Å². The van der Waals surface area contributed by atoms with E-state index in [2.05, 4.69) is 17.2 Å². The van der Waals surface area contributed by atoms with E-state index in [1.54, 1.807) is 0 Å². The lowest BCUT2D eigenvalue weighted by molar-refractivity contribution is 0.533. The second-order valence-corrected chi connectivity index (χ2v) is 3.11. The van der Waals surface area contributed by atoms with Crippen LogP contribution >= 0.6 is 0 Å². The molecule has 1 aliphatic carbocycles. The van der Waals surface area contributed by atoms with Crippen LogP contribution in [0.5, 0.6) is 0 Å². The van der Waals surface area contributed by atoms with Crippen molar-refractivity contribution in [1.29, 1.82) is 0 Å². The third kappa shape index (κ3) is 3.43. The van der Waals surface area contributed by atoms with Crippen molar-refractivity contribution < 1.29 is 0 Å². The lowest BCUT2D eigenvalue weighted by Crippen LogP contribution is -2.26. The summed E-state index contributed by atoms with van der Waals surface area (Å²) < 4.78 is 0. The molecule has 0 amide bonds. The van der Waals surface area contributed by atoms with Gasteiger partial charge in [-0.15, -0.1) is 11.8 Å². The van der Waals surface area contributed by atoms with E-state index in [4.69, 9.17) is 0 Å². The summed E-state index contributed by atoms with van der Waals surface area (Å²) in [5.74, 6) is 5.96. The maximum atomic E-state index is 3.51. The van der Waals surface area contributed by atoms with Gasteiger partial charge in [-0.2, -0.15) is 0 Å². The number of hydrogen-bond donors (Lipinski definition) is 1. The molecule has 0 aromatic rings. The highest BCUT2D eigenvalue weighted by atomic mass is 14.9. The summed E-state index contributed by atoms with van der Waals surface area (Å²) in [4.78, 5) is 0. The molecule has 1 N–H and O–H groups in total. The average Bonchev–Trinajstić information content (AvgIpc) is 2.50. The van der Waals surface area contributed by atoms with Crippen LogP contribution < -0.4 is 5.32 Å². The number of rotatable bonds is 3. The van der Waals surface area contributed by atoms with Crippen molar-refractivity contribution in [3.8, 4) is 11.8 Å². The molecule has 0 radical (unpaired) electrons. The van der Waals surface area contributed by atoms with E-state index in [0.717, 1.165) is 19.0 Å². The summed E-state index contributed by atoms with van der Waals surface area (Å²) in [5.41, 5.74) is 0. The van der Waals surface area contributed by atoms with Crippen molar-refractivity contribution in [2.45, 2.75) is 45.1 Å². The molecule has 1 rings (SSSR count). The molecule has 0 unspecified atom stereocenters. The lowest BCUT2D eigenvalue weighted by Gasteiger charge is -2.08. The third-order valence-electron chi connectivity index (χ3n) is 2.21. The smallest absolute Gasteiger partial charge is 0.0214 e. The largest absolute Gasteiger partial charge is 0.313 e. The van der Waals surface area contributed by atoms with Crippen LogP contribution in [-0.4, -0.2) is 12.6 Å². The fourth-order valence-corrected chi connectivity index (χ4v) is 1.59. The first kappa shape index (κ1) is 8.62. The minimum absolute atomic E-state index is 0.800. The Kier molecular flexibility index (Phi) is 4.08. The lowest BCUT2D eigenvalue weighted by atomic mass is 10.2. The average molecular weight is 151 g/mol. The van der Waals surface area contributed by atoms with Gasteiger partial charge in [0.2, 0.25) is 0 Å². The van der Waals surface area contributed by atoms with E-state index in [1.165, 1.54) is 25.7 Å². The van der Waals surface area contributed by atoms with Gasteiger partial charge in [0, 0.05) is 19.0 Å². The van der Waals surface area contributed by atoms with E-state index >= 15 is 0 Å². The van der Waals surface area contributed by atoms with E-state index in [0.29, 0.717) is 0 Å². The van der Waals surface area contributed by atoms with E-state index in [-0.39, 0.29) is 0 Å². The Labute approximate surface area is 69.6 Å². The summed E-state index contributed by atoms with van der Waals surface area (Å²) >= 11 is 0. The molecule has 11 heavy (non-hydrogen) atoms. The van der Waals surface area contributed by atoms with Crippen molar-refractivity contribution in [2.75, 3.05) is 6.54 Å². The molecular formula is C10H17N. The normalized spacial score (nSPS) is 17.9. The Morgan fingerprint density at radius 2 is 2.09 bits per heavy atom. The molecule has 1 aliphatic rings. The van der Waals surface area contributed by atoms with Crippen LogP contribution in [0, 0.1) is 11.8 Å². The highest BCUT2D eigenvalue weighted by Crippen LogP contribution is 2.17. The second kappa shape index (κ2) is 5.21. The molecule has 0 bridgehead atoms. The van der Waals surface area contributed by atoms with Gasteiger partial charge in [0.1, 0.15) is 0 Å². The highest BCUT2D eigenvalue weighted by molar-refractivity contribution is 4.95. The van der Waals surface area contributed by atoms with Gasteiger partial charge >= 0.3 is 0 Å². The summed E-state index contributed by atoms with van der Waals surface area (Å²) in [6.45, 7) is 2.97. The summed E-state index contributed by atoms with van der Waals surface area (Å²) in [6, 6.07) is 0.800. The van der Waals surface area contributed by atoms with E-state index in [9.17, 15) is 0 Å². The Morgan fingerprint density at radius 1 is 1.36 bits per heavy atom. The van der Waals surface area contributed by atoms with E-state index < -0.39 is 0 Å². The van der Waals surface area contributed by atoms with Gasteiger partial charge in [-0.25, -0.2) is 0 Å². The fraction of sp³-hybridized carbons (Fsp3) is 0.800. The minimum Gasteiger partial charge on any atom is -0.313 e. The van der Waals surface area contributed by atoms with Crippen LogP contribution in [0.15, 0.2) is 0 Å². The molecule has 1 heteroatoms. The molecule has 1 fully saturated rings. The van der Waals surface area contributed by atoms with Crippen LogP contribution in [0.2, 0.25) is 0 Å². The van der Waals surface area contributed by atoms with Crippen molar-refractivity contribution in [1.82, 2.24) is 5.32 Å². The fourth-order valence-electron chi connectivity index (χ4n) is 1.59. The Balaban J connectivity index is 1.96. The van der Waals surface area contributed by atoms with Crippen molar-refractivity contribution in [3.63, 3.8) is 0 Å². The molecule has 62 valence electrons. The molecule has 0 atom stereocenters. The molecule has 0 aliphatic heterocycles. The Bertz CT molecular complexity index is 146. The summed E-state index contributed by atoms with van der Waals surface area (Å²) in [5, 5.41) is 3.51. The molecule has 0 spiro atoms. The van der Waals surface area contributed by atoms with Gasteiger partial charge in [-0.3, -0.25) is 0 Å². The Morgan fingerprint density at radius 3 is 2.73 bits per heavy atom. The summed E-state index contributed by atoms with van der Waals surface area (Å²) in [7, 11) is 0. The SMILES string of the molecule is CC#CCCNC1CCCC1. The van der Waals surface area contributed by atoms with Crippen LogP contribution in [0.3, 0.4) is 0 Å². The molecular weight excluding hydrogens is 134 g/mol. The van der Waals surface area contributed by atoms with Gasteiger partial charge in [-0.1, -0.05) is 12.8 Å². The first-order valence-electron chi connectivity index (χ1n) is 4.56. The van der Waals surface area contributed by atoms with Crippen molar-refractivity contribution in [3.05, 3.63) is 0 Å². The van der Waals surface area contributed by atoms with Crippen LogP contribution in [0.25, 0.3) is 0 Å². The molecule has 1 nitrogen and oxygen atoms in total. The highest BCUT2D eigenvalue weighted by Gasteiger charge is 2.12. The molecule has 1 saturated carbocycles. The number of nitrogens with one attached hydrogen (secondary N) is 1. The second-order valence-electron chi connectivity index (χ2n) is 3.11. The van der Waals surface area contributed by atoms with Gasteiger partial charge < -0.3 is 5.32 Å². The predicted molar refractivity (Wildman–Crippen MR) is 48.3 cm³/mol. The van der Waals surface area contributed by atoms with Crippen LogP contribution in [0.4, 0.5) is 0 Å². The van der Waals surface area contributed by atoms with Gasteiger partial charge in [-0.05, 0) is 19.8 Å². The predicted octanol–water partition coefficient (Wildman–Crippen LogP) is 1.93. The van der Waals surface area contributed by atoms with Crippen molar-refractivity contribution >= 4 is 0 Å². The van der Waals surface area contributed by atoms with Gasteiger partial charge in [0.05, 0.1) is 0 Å². The molecule has 0 aromatic heterocycles. The zero-order chi connectivity index (χ0) is 7.94. The zero-order valence-corrected chi connectivity index (χ0v) is 7.32. The number of hydrogen-bond acceptors (Lipinski definition) is 1. The van der Waals surface area contributed by atoms with Crippen molar-refractivity contribution in [2.24, 2.45) is 0 Å². The van der Waals surface area contributed by atoms with Crippen LogP contribution in [-0.2, 0) is 0 Å². The molecule has 0 saturated heterocycles. The molecule has 0 heterocycles. The zero-order valence-electron chi connectivity index (χ0n) is 7.32. The summed E-state index contributed by atoms with van der Waals surface area (Å²) in [6.07, 6.45) is 6.58. The quantitative estimate of drug-likeness (QED) is 0.480. The van der Waals surface area contributed by atoms with E-state index in [1.807, 2.05) is 6.92 Å². The minimum atomic E-state index is 0.800. The third-order valence-corrected chi connectivity index (χ3v) is 2.21.